The van der Waals surface area contributed by atoms with E-state index in [4.69, 9.17) is 0 Å². The van der Waals surface area contributed by atoms with Crippen LogP contribution in [0.25, 0.3) is 10.9 Å². The Labute approximate surface area is 147 Å². The van der Waals surface area contributed by atoms with Gasteiger partial charge >= 0.3 is 0 Å². The predicted molar refractivity (Wildman–Crippen MR) is 97.5 cm³/mol. The number of aromatic nitrogens is 1. The third kappa shape index (κ3) is 2.27. The van der Waals surface area contributed by atoms with Crippen molar-refractivity contribution in [2.24, 2.45) is 11.8 Å². The highest BCUT2D eigenvalue weighted by Crippen LogP contribution is 2.47. The molecule has 5 rings (SSSR count). The average Bonchev–Trinajstić information content (AvgIpc) is 2.98. The third-order valence-electron chi connectivity index (χ3n) is 6.63. The second-order valence-corrected chi connectivity index (χ2v) is 7.97. The zero-order valence-corrected chi connectivity index (χ0v) is 14.6. The number of Topliss-reactive ketones (excluding diaryl/α,β-unsaturated/α-hetero) is 1. The van der Waals surface area contributed by atoms with Gasteiger partial charge in [0.1, 0.15) is 0 Å². The molecule has 3 atom stereocenters. The normalized spacial score (nSPS) is 29.2. The molecule has 4 nitrogen and oxygen atoms in total. The van der Waals surface area contributed by atoms with Gasteiger partial charge in [-0.1, -0.05) is 18.2 Å². The number of H-pyrrole nitrogens is 1. The Balaban J connectivity index is 1.50. The summed E-state index contributed by atoms with van der Waals surface area (Å²) in [5.74, 6) is 1.35. The number of benzene rings is 1. The van der Waals surface area contributed by atoms with Crippen LogP contribution in [0, 0.1) is 11.8 Å². The van der Waals surface area contributed by atoms with Crippen molar-refractivity contribution in [3.63, 3.8) is 0 Å². The van der Waals surface area contributed by atoms with Crippen molar-refractivity contribution in [3.8, 4) is 0 Å². The summed E-state index contributed by atoms with van der Waals surface area (Å²) in [6, 6.07) is 9.02. The van der Waals surface area contributed by atoms with Crippen molar-refractivity contribution in [2.75, 3.05) is 13.1 Å². The maximum absolute atomic E-state index is 11.8. The van der Waals surface area contributed by atoms with Crippen LogP contribution in [0.2, 0.25) is 0 Å². The molecule has 0 saturated carbocycles. The lowest BCUT2D eigenvalue weighted by molar-refractivity contribution is -0.114. The first-order valence-corrected chi connectivity index (χ1v) is 9.37. The molecule has 2 N–H and O–H groups in total. The highest BCUT2D eigenvalue weighted by molar-refractivity contribution is 5.93. The van der Waals surface area contributed by atoms with E-state index in [2.05, 4.69) is 34.1 Å². The van der Waals surface area contributed by atoms with Crippen LogP contribution in [0.1, 0.15) is 43.5 Å². The summed E-state index contributed by atoms with van der Waals surface area (Å²) in [5.41, 5.74) is 4.77. The molecule has 1 fully saturated rings. The summed E-state index contributed by atoms with van der Waals surface area (Å²) >= 11 is 0. The fraction of sp³-hybridized carbons (Fsp3) is 0.476. The number of aliphatic hydroxyl groups is 1. The molecule has 0 amide bonds. The van der Waals surface area contributed by atoms with Crippen molar-refractivity contribution in [1.29, 1.82) is 0 Å². The number of hydrogen-bond acceptors (Lipinski definition) is 3. The summed E-state index contributed by atoms with van der Waals surface area (Å²) < 4.78 is 0. The number of nitrogens with one attached hydrogen (secondary N) is 1. The van der Waals surface area contributed by atoms with Crippen molar-refractivity contribution in [2.45, 2.75) is 38.6 Å². The van der Waals surface area contributed by atoms with Crippen LogP contribution in [0.3, 0.4) is 0 Å². The summed E-state index contributed by atoms with van der Waals surface area (Å²) in [4.78, 5) is 18.1. The Hall–Kier alpha value is -2.07. The number of rotatable bonds is 1. The molecular formula is C21H24N2O2. The van der Waals surface area contributed by atoms with E-state index in [0.717, 1.165) is 32.4 Å². The van der Waals surface area contributed by atoms with E-state index in [1.807, 2.05) is 0 Å². The van der Waals surface area contributed by atoms with Crippen LogP contribution in [-0.4, -0.2) is 33.9 Å². The van der Waals surface area contributed by atoms with Crippen molar-refractivity contribution >= 4 is 16.7 Å². The first kappa shape index (κ1) is 15.2. The Morgan fingerprint density at radius 1 is 1.24 bits per heavy atom. The number of carbonyl (C=O) groups is 1. The molecule has 1 saturated heterocycles. The van der Waals surface area contributed by atoms with Gasteiger partial charge in [-0.15, -0.1) is 0 Å². The van der Waals surface area contributed by atoms with E-state index in [0.29, 0.717) is 35.6 Å². The Morgan fingerprint density at radius 2 is 2.08 bits per heavy atom. The molecule has 0 bridgehead atoms. The molecule has 25 heavy (non-hydrogen) atoms. The standard InChI is InChI=1S/C21H24N2O2/c1-12(24)17-8-14-11-23-7-6-16-15-4-2-3-5-18(15)22-21(16)19(23)9-13(14)10-20(17)25/h2-5,13-14,19,22,25H,6-11H2,1H3. The third-order valence-corrected chi connectivity index (χ3v) is 6.63. The van der Waals surface area contributed by atoms with Gasteiger partial charge in [0.15, 0.2) is 5.78 Å². The van der Waals surface area contributed by atoms with Gasteiger partial charge in [0, 0.05) is 41.7 Å². The van der Waals surface area contributed by atoms with Crippen molar-refractivity contribution in [1.82, 2.24) is 9.88 Å². The number of allylic oxidation sites excluding steroid dienone is 2. The van der Waals surface area contributed by atoms with Gasteiger partial charge in [0.25, 0.3) is 0 Å². The van der Waals surface area contributed by atoms with Crippen LogP contribution in [0.15, 0.2) is 35.6 Å². The number of ketones is 1. The number of carbonyl (C=O) groups excluding carboxylic acids is 1. The fourth-order valence-electron chi connectivity index (χ4n) is 5.36. The van der Waals surface area contributed by atoms with Crippen molar-refractivity contribution in [3.05, 3.63) is 46.9 Å². The summed E-state index contributed by atoms with van der Waals surface area (Å²) in [6.07, 6.45) is 3.57. The number of aromatic amines is 1. The largest absolute Gasteiger partial charge is 0.512 e. The minimum absolute atomic E-state index is 0.0367. The lowest BCUT2D eigenvalue weighted by Crippen LogP contribution is -2.47. The molecule has 0 radical (unpaired) electrons. The maximum atomic E-state index is 11.8. The SMILES string of the molecule is CC(=O)C1=C(O)CC2CC3c4[nH]c5ccccc5c4CCN3CC2C1. The van der Waals surface area contributed by atoms with Gasteiger partial charge < -0.3 is 10.1 Å². The maximum Gasteiger partial charge on any atom is 0.159 e. The monoisotopic (exact) mass is 336 g/mol. The van der Waals surface area contributed by atoms with Gasteiger partial charge in [-0.3, -0.25) is 9.69 Å². The van der Waals surface area contributed by atoms with Crippen LogP contribution in [-0.2, 0) is 11.2 Å². The number of hydrogen-bond donors (Lipinski definition) is 2. The number of fused-ring (bicyclic) bond motifs is 6. The van der Waals surface area contributed by atoms with Crippen molar-refractivity contribution < 1.29 is 9.90 Å². The average molecular weight is 336 g/mol. The smallest absolute Gasteiger partial charge is 0.159 e. The van der Waals surface area contributed by atoms with E-state index < -0.39 is 0 Å². The zero-order valence-electron chi connectivity index (χ0n) is 14.6. The quantitative estimate of drug-likeness (QED) is 0.830. The van der Waals surface area contributed by atoms with E-state index in [-0.39, 0.29) is 5.78 Å². The molecule has 3 heterocycles. The van der Waals surface area contributed by atoms with Crippen LogP contribution in [0.5, 0.6) is 0 Å². The van der Waals surface area contributed by atoms with Gasteiger partial charge in [-0.05, 0) is 49.7 Å². The van der Waals surface area contributed by atoms with E-state index >= 15 is 0 Å². The van der Waals surface area contributed by atoms with E-state index in [1.165, 1.54) is 22.2 Å². The Kier molecular flexibility index (Phi) is 3.32. The molecule has 1 aromatic carbocycles. The first-order chi connectivity index (χ1) is 12.1. The number of aliphatic hydroxyl groups excluding tert-OH is 1. The van der Waals surface area contributed by atoms with E-state index in [9.17, 15) is 9.90 Å². The predicted octanol–water partition coefficient (Wildman–Crippen LogP) is 3.90. The van der Waals surface area contributed by atoms with Crippen LogP contribution >= 0.6 is 0 Å². The highest BCUT2D eigenvalue weighted by Gasteiger charge is 2.42. The summed E-state index contributed by atoms with van der Waals surface area (Å²) in [7, 11) is 0. The number of para-hydroxylation sites is 1. The van der Waals surface area contributed by atoms with Gasteiger partial charge in [0.05, 0.1) is 11.8 Å². The molecular weight excluding hydrogens is 312 g/mol. The fourth-order valence-corrected chi connectivity index (χ4v) is 5.36. The second-order valence-electron chi connectivity index (χ2n) is 7.97. The molecule has 2 aromatic rings. The molecule has 4 heteroatoms. The van der Waals surface area contributed by atoms with Crippen LogP contribution in [0.4, 0.5) is 0 Å². The van der Waals surface area contributed by atoms with Crippen LogP contribution < -0.4 is 0 Å². The lowest BCUT2D eigenvalue weighted by Gasteiger charge is -2.48. The zero-order chi connectivity index (χ0) is 17.1. The van der Waals surface area contributed by atoms with Gasteiger partial charge in [-0.2, -0.15) is 0 Å². The number of nitrogens with zero attached hydrogens (tertiary/aromatic N) is 1. The summed E-state index contributed by atoms with van der Waals surface area (Å²) in [5, 5.41) is 11.7. The number of piperidine rings is 1. The van der Waals surface area contributed by atoms with Gasteiger partial charge in [-0.25, -0.2) is 0 Å². The summed E-state index contributed by atoms with van der Waals surface area (Å²) in [6.45, 7) is 3.71. The molecule has 1 aromatic heterocycles. The molecule has 1 aliphatic carbocycles. The molecule has 130 valence electrons. The molecule has 3 aliphatic rings. The lowest BCUT2D eigenvalue weighted by atomic mass is 9.70. The Morgan fingerprint density at radius 3 is 2.92 bits per heavy atom. The van der Waals surface area contributed by atoms with Gasteiger partial charge in [0.2, 0.25) is 0 Å². The molecule has 3 unspecified atom stereocenters. The topological polar surface area (TPSA) is 56.3 Å². The minimum Gasteiger partial charge on any atom is -0.512 e. The second kappa shape index (κ2) is 5.46. The van der Waals surface area contributed by atoms with E-state index in [1.54, 1.807) is 6.92 Å². The Bertz CT molecular complexity index is 894. The first-order valence-electron chi connectivity index (χ1n) is 9.37. The molecule has 0 spiro atoms. The highest BCUT2D eigenvalue weighted by atomic mass is 16.3. The molecule has 2 aliphatic heterocycles. The minimum atomic E-state index is 0.0367.